The molecule has 0 heterocycles. The molecule has 0 spiro atoms. The van der Waals surface area contributed by atoms with Gasteiger partial charge in [-0.15, -0.1) is 11.8 Å². The van der Waals surface area contributed by atoms with Crippen LogP contribution in [0.5, 0.6) is 5.75 Å². The van der Waals surface area contributed by atoms with E-state index in [1.54, 1.807) is 17.8 Å². The Labute approximate surface area is 189 Å². The maximum atomic E-state index is 14.6. The Balaban J connectivity index is 0.000000806. The summed E-state index contributed by atoms with van der Waals surface area (Å²) >= 11 is 8.10. The minimum absolute atomic E-state index is 0.185. The van der Waals surface area contributed by atoms with Crippen LogP contribution in [0.1, 0.15) is 71.6 Å². The van der Waals surface area contributed by atoms with Gasteiger partial charge in [0.05, 0.1) is 11.6 Å². The second-order valence-electron chi connectivity index (χ2n) is 9.89. The maximum Gasteiger partial charge on any atom is 0.290 e. The number of rotatable bonds is 5. The molecular weight excluding hydrogens is 423 g/mol. The SMILES string of the molecule is CC1C[C@@H]2C[C@H](C1)CC(C)(COc1cc(F)c(SC3CCCC3)cc1Cl)C2.O=CO. The van der Waals surface area contributed by atoms with Gasteiger partial charge in [0.15, 0.2) is 0 Å². The van der Waals surface area contributed by atoms with Gasteiger partial charge in [-0.3, -0.25) is 4.79 Å². The molecular formula is C24H34ClFO3S. The normalized spacial score (nSPS) is 31.0. The number of hydrogen-bond acceptors (Lipinski definition) is 3. The molecule has 3 saturated carbocycles. The first-order valence-electron chi connectivity index (χ1n) is 11.2. The third-order valence-electron chi connectivity index (χ3n) is 6.86. The minimum atomic E-state index is -0.250. The lowest BCUT2D eigenvalue weighted by Crippen LogP contribution is -2.39. The smallest absolute Gasteiger partial charge is 0.290 e. The summed E-state index contributed by atoms with van der Waals surface area (Å²) in [4.78, 5) is 9.03. The predicted molar refractivity (Wildman–Crippen MR) is 121 cm³/mol. The lowest BCUT2D eigenvalue weighted by Gasteiger charge is -2.47. The number of carboxylic acid groups (broad SMARTS) is 1. The zero-order valence-corrected chi connectivity index (χ0v) is 19.6. The summed E-state index contributed by atoms with van der Waals surface area (Å²) in [6, 6.07) is 3.28. The van der Waals surface area contributed by atoms with Crippen molar-refractivity contribution in [1.29, 1.82) is 0 Å². The number of ether oxygens (including phenoxy) is 1. The molecule has 2 unspecified atom stereocenters. The summed E-state index contributed by atoms with van der Waals surface area (Å²) in [6.07, 6.45) is 11.4. The fourth-order valence-corrected chi connectivity index (χ4v) is 7.54. The van der Waals surface area contributed by atoms with E-state index >= 15 is 0 Å². The van der Waals surface area contributed by atoms with Crippen molar-refractivity contribution in [3.63, 3.8) is 0 Å². The number of hydrogen-bond donors (Lipinski definition) is 1. The monoisotopic (exact) mass is 456 g/mol. The minimum Gasteiger partial charge on any atom is -0.491 e. The predicted octanol–water partition coefficient (Wildman–Crippen LogP) is 7.45. The molecule has 3 aliphatic rings. The highest BCUT2D eigenvalue weighted by molar-refractivity contribution is 8.00. The average Bonchev–Trinajstić information content (AvgIpc) is 3.16. The maximum absolute atomic E-state index is 14.6. The molecule has 1 N–H and O–H groups in total. The number of carbonyl (C=O) groups is 1. The molecule has 6 heteroatoms. The Bertz CT molecular complexity index is 705. The highest BCUT2D eigenvalue weighted by Crippen LogP contribution is 2.50. The number of thioether (sulfide) groups is 1. The van der Waals surface area contributed by atoms with E-state index in [0.29, 0.717) is 27.5 Å². The highest BCUT2D eigenvalue weighted by Gasteiger charge is 2.41. The van der Waals surface area contributed by atoms with Gasteiger partial charge < -0.3 is 9.84 Å². The van der Waals surface area contributed by atoms with Crippen LogP contribution < -0.4 is 4.74 Å². The quantitative estimate of drug-likeness (QED) is 0.467. The third-order valence-corrected chi connectivity index (χ3v) is 8.53. The largest absolute Gasteiger partial charge is 0.491 e. The first-order valence-corrected chi connectivity index (χ1v) is 12.4. The molecule has 0 aliphatic heterocycles. The summed E-state index contributed by atoms with van der Waals surface area (Å²) in [5, 5.41) is 7.97. The lowest BCUT2D eigenvalue weighted by molar-refractivity contribution is -0.122. The summed E-state index contributed by atoms with van der Waals surface area (Å²) < 4.78 is 20.7. The average molecular weight is 457 g/mol. The van der Waals surface area contributed by atoms with E-state index < -0.39 is 0 Å². The fourth-order valence-electron chi connectivity index (χ4n) is 5.98. The molecule has 0 aromatic heterocycles. The van der Waals surface area contributed by atoms with Crippen molar-refractivity contribution in [2.45, 2.75) is 81.8 Å². The van der Waals surface area contributed by atoms with Crippen LogP contribution in [0, 0.1) is 29.0 Å². The van der Waals surface area contributed by atoms with Gasteiger partial charge in [-0.05, 0) is 68.8 Å². The molecule has 0 radical (unpaired) electrons. The van der Waals surface area contributed by atoms with Crippen molar-refractivity contribution in [3.05, 3.63) is 23.0 Å². The summed E-state index contributed by atoms with van der Waals surface area (Å²) in [5.41, 5.74) is 0.185. The van der Waals surface area contributed by atoms with Crippen molar-refractivity contribution in [1.82, 2.24) is 0 Å². The third kappa shape index (κ3) is 6.29. The Kier molecular flexibility index (Phi) is 8.37. The van der Waals surface area contributed by atoms with Gasteiger partial charge in [-0.1, -0.05) is 38.3 Å². The molecule has 1 aromatic rings. The summed E-state index contributed by atoms with van der Waals surface area (Å²) in [5.74, 6) is 2.85. The van der Waals surface area contributed by atoms with Gasteiger partial charge >= 0.3 is 0 Å². The molecule has 4 atom stereocenters. The van der Waals surface area contributed by atoms with Crippen LogP contribution in [0.15, 0.2) is 17.0 Å². The van der Waals surface area contributed by atoms with Gasteiger partial charge in [0, 0.05) is 21.6 Å². The summed E-state index contributed by atoms with van der Waals surface area (Å²) in [7, 11) is 0. The van der Waals surface area contributed by atoms with Crippen LogP contribution in [-0.2, 0) is 4.79 Å². The van der Waals surface area contributed by atoms with Crippen LogP contribution in [0.3, 0.4) is 0 Å². The van der Waals surface area contributed by atoms with E-state index in [4.69, 9.17) is 26.2 Å². The first-order chi connectivity index (χ1) is 14.3. The Morgan fingerprint density at radius 3 is 2.43 bits per heavy atom. The van der Waals surface area contributed by atoms with Crippen LogP contribution in [0.2, 0.25) is 5.02 Å². The first kappa shape index (κ1) is 23.7. The number of fused-ring (bicyclic) bond motifs is 2. The van der Waals surface area contributed by atoms with E-state index in [9.17, 15) is 4.39 Å². The zero-order valence-electron chi connectivity index (χ0n) is 18.0. The molecule has 30 heavy (non-hydrogen) atoms. The molecule has 2 bridgehead atoms. The number of halogens is 2. The van der Waals surface area contributed by atoms with Crippen LogP contribution in [-0.4, -0.2) is 23.4 Å². The van der Waals surface area contributed by atoms with Crippen LogP contribution in [0.25, 0.3) is 0 Å². The van der Waals surface area contributed by atoms with Crippen molar-refractivity contribution in [3.8, 4) is 5.75 Å². The number of benzene rings is 1. The molecule has 0 saturated heterocycles. The topological polar surface area (TPSA) is 46.5 Å². The van der Waals surface area contributed by atoms with Crippen molar-refractivity contribution < 1.29 is 19.0 Å². The molecule has 0 amide bonds. The van der Waals surface area contributed by atoms with Gasteiger partial charge in [0.1, 0.15) is 11.6 Å². The Morgan fingerprint density at radius 2 is 1.83 bits per heavy atom. The van der Waals surface area contributed by atoms with Crippen LogP contribution in [0.4, 0.5) is 4.39 Å². The van der Waals surface area contributed by atoms with Crippen molar-refractivity contribution in [2.24, 2.45) is 23.2 Å². The van der Waals surface area contributed by atoms with E-state index in [-0.39, 0.29) is 17.7 Å². The lowest BCUT2D eigenvalue weighted by atomic mass is 9.60. The fraction of sp³-hybridized carbons (Fsp3) is 0.708. The van der Waals surface area contributed by atoms with E-state index in [0.717, 1.165) is 17.8 Å². The molecule has 168 valence electrons. The molecule has 3 nitrogen and oxygen atoms in total. The Morgan fingerprint density at radius 1 is 1.23 bits per heavy atom. The van der Waals surface area contributed by atoms with Gasteiger partial charge in [-0.2, -0.15) is 0 Å². The summed E-state index contributed by atoms with van der Waals surface area (Å²) in [6.45, 7) is 5.13. The van der Waals surface area contributed by atoms with Gasteiger partial charge in [0.2, 0.25) is 0 Å². The van der Waals surface area contributed by atoms with Crippen molar-refractivity contribution in [2.75, 3.05) is 6.61 Å². The molecule has 3 fully saturated rings. The van der Waals surface area contributed by atoms with Gasteiger partial charge in [-0.25, -0.2) is 4.39 Å². The van der Waals surface area contributed by atoms with E-state index in [2.05, 4.69) is 13.8 Å². The van der Waals surface area contributed by atoms with Crippen LogP contribution >= 0.6 is 23.4 Å². The second-order valence-corrected chi connectivity index (χ2v) is 11.6. The highest BCUT2D eigenvalue weighted by atomic mass is 35.5. The molecule has 3 aliphatic carbocycles. The standard InChI is InChI=1S/C23H32ClFOS.CH2O2/c1-15-7-16-9-17(8-15)13-23(2,12-16)14-26-21-11-20(25)22(10-19(21)24)27-18-5-3-4-6-18;2-1-3/h10-11,15-18H,3-9,12-14H2,1-2H3;1H,(H,2,3)/t15?,16-,17+,23?;. The molecule has 4 rings (SSSR count). The van der Waals surface area contributed by atoms with Gasteiger partial charge in [0.25, 0.3) is 6.47 Å². The van der Waals surface area contributed by atoms with E-state index in [1.807, 2.05) is 0 Å². The Hall–Kier alpha value is -0.940. The van der Waals surface area contributed by atoms with Crippen molar-refractivity contribution >= 4 is 29.8 Å². The second kappa shape index (κ2) is 10.6. The zero-order chi connectivity index (χ0) is 21.7. The molecule has 1 aromatic carbocycles. The van der Waals surface area contributed by atoms with E-state index in [1.165, 1.54) is 63.9 Å².